The average molecular weight is 242 g/mol. The third-order valence-electron chi connectivity index (χ3n) is 3.62. The summed E-state index contributed by atoms with van der Waals surface area (Å²) in [6, 6.07) is 6.81. The first-order chi connectivity index (χ1) is 8.68. The zero-order valence-electron chi connectivity index (χ0n) is 10.8. The van der Waals surface area contributed by atoms with Crippen LogP contribution in [0.3, 0.4) is 0 Å². The summed E-state index contributed by atoms with van der Waals surface area (Å²) in [5.41, 5.74) is 9.93. The minimum Gasteiger partial charge on any atom is -0.324 e. The van der Waals surface area contributed by atoms with Crippen molar-refractivity contribution in [3.8, 4) is 11.4 Å². The van der Waals surface area contributed by atoms with Gasteiger partial charge in [0.25, 0.3) is 0 Å². The Labute approximate surface area is 107 Å². The molecule has 0 amide bonds. The Hall–Kier alpha value is -1.68. The van der Waals surface area contributed by atoms with Gasteiger partial charge in [-0.15, -0.1) is 0 Å². The number of rotatable bonds is 2. The van der Waals surface area contributed by atoms with Crippen LogP contribution in [-0.4, -0.2) is 14.8 Å². The van der Waals surface area contributed by atoms with Crippen molar-refractivity contribution in [2.75, 3.05) is 0 Å². The molecule has 0 radical (unpaired) electrons. The molecular formula is C14H18N4. The SMILES string of the molecule is CC(C)n1ncnc1-c1cccc2c1CCC2N. The van der Waals surface area contributed by atoms with Crippen LogP contribution in [0.1, 0.15) is 43.5 Å². The second kappa shape index (κ2) is 4.21. The maximum atomic E-state index is 6.12. The summed E-state index contributed by atoms with van der Waals surface area (Å²) >= 11 is 0. The van der Waals surface area contributed by atoms with Gasteiger partial charge in [0.1, 0.15) is 6.33 Å². The minimum absolute atomic E-state index is 0.176. The van der Waals surface area contributed by atoms with Gasteiger partial charge in [-0.25, -0.2) is 9.67 Å². The Morgan fingerprint density at radius 2 is 2.22 bits per heavy atom. The summed E-state index contributed by atoms with van der Waals surface area (Å²) in [4.78, 5) is 4.42. The molecule has 4 nitrogen and oxygen atoms in total. The van der Waals surface area contributed by atoms with Crippen LogP contribution in [0, 0.1) is 0 Å². The normalized spacial score (nSPS) is 18.3. The number of fused-ring (bicyclic) bond motifs is 1. The van der Waals surface area contributed by atoms with E-state index in [2.05, 4.69) is 42.1 Å². The lowest BCUT2D eigenvalue weighted by Gasteiger charge is -2.13. The summed E-state index contributed by atoms with van der Waals surface area (Å²) in [7, 11) is 0. The minimum atomic E-state index is 0.176. The Bertz CT molecular complexity index is 571. The van der Waals surface area contributed by atoms with Gasteiger partial charge in [0.05, 0.1) is 0 Å². The summed E-state index contributed by atoms with van der Waals surface area (Å²) < 4.78 is 1.97. The van der Waals surface area contributed by atoms with Crippen LogP contribution in [0.4, 0.5) is 0 Å². The highest BCUT2D eigenvalue weighted by Crippen LogP contribution is 2.36. The molecule has 1 aromatic carbocycles. The van der Waals surface area contributed by atoms with Gasteiger partial charge in [0.2, 0.25) is 0 Å². The number of hydrogen-bond donors (Lipinski definition) is 1. The monoisotopic (exact) mass is 242 g/mol. The second-order valence-electron chi connectivity index (χ2n) is 5.14. The van der Waals surface area contributed by atoms with E-state index >= 15 is 0 Å². The number of aromatic nitrogens is 3. The van der Waals surface area contributed by atoms with Crippen molar-refractivity contribution >= 4 is 0 Å². The molecule has 1 aromatic heterocycles. The first-order valence-corrected chi connectivity index (χ1v) is 6.45. The highest BCUT2D eigenvalue weighted by atomic mass is 15.3. The molecule has 0 saturated carbocycles. The molecule has 94 valence electrons. The topological polar surface area (TPSA) is 56.7 Å². The zero-order chi connectivity index (χ0) is 12.7. The van der Waals surface area contributed by atoms with Gasteiger partial charge in [0, 0.05) is 17.6 Å². The predicted octanol–water partition coefficient (Wildman–Crippen LogP) is 2.47. The third-order valence-corrected chi connectivity index (χ3v) is 3.62. The van der Waals surface area contributed by atoms with Gasteiger partial charge in [-0.3, -0.25) is 0 Å². The number of nitrogens with zero attached hydrogens (tertiary/aromatic N) is 3. The lowest BCUT2D eigenvalue weighted by Crippen LogP contribution is -2.07. The molecule has 1 atom stereocenters. The van der Waals surface area contributed by atoms with E-state index in [4.69, 9.17) is 5.73 Å². The maximum Gasteiger partial charge on any atom is 0.158 e. The number of hydrogen-bond acceptors (Lipinski definition) is 3. The van der Waals surface area contributed by atoms with Crippen molar-refractivity contribution < 1.29 is 0 Å². The molecule has 4 heteroatoms. The van der Waals surface area contributed by atoms with Crippen molar-refractivity contribution in [1.29, 1.82) is 0 Å². The molecule has 0 saturated heterocycles. The first-order valence-electron chi connectivity index (χ1n) is 6.45. The van der Waals surface area contributed by atoms with Gasteiger partial charge >= 0.3 is 0 Å². The zero-order valence-corrected chi connectivity index (χ0v) is 10.8. The predicted molar refractivity (Wildman–Crippen MR) is 71.1 cm³/mol. The molecular weight excluding hydrogens is 224 g/mol. The summed E-state index contributed by atoms with van der Waals surface area (Å²) in [5.74, 6) is 0.955. The van der Waals surface area contributed by atoms with E-state index in [1.807, 2.05) is 4.68 Å². The molecule has 0 bridgehead atoms. The molecule has 1 aliphatic carbocycles. The van der Waals surface area contributed by atoms with E-state index in [-0.39, 0.29) is 6.04 Å². The maximum absolute atomic E-state index is 6.12. The Balaban J connectivity index is 2.16. The van der Waals surface area contributed by atoms with Crippen molar-refractivity contribution in [3.05, 3.63) is 35.7 Å². The van der Waals surface area contributed by atoms with E-state index in [0.717, 1.165) is 18.7 Å². The lowest BCUT2D eigenvalue weighted by molar-refractivity contribution is 0.537. The fourth-order valence-electron chi connectivity index (χ4n) is 2.72. The molecule has 18 heavy (non-hydrogen) atoms. The summed E-state index contributed by atoms with van der Waals surface area (Å²) in [6.07, 6.45) is 3.70. The fourth-order valence-corrected chi connectivity index (χ4v) is 2.72. The molecule has 2 aromatic rings. The first kappa shape index (κ1) is 11.4. The van der Waals surface area contributed by atoms with Crippen LogP contribution >= 0.6 is 0 Å². The van der Waals surface area contributed by atoms with Crippen LogP contribution in [0.25, 0.3) is 11.4 Å². The van der Waals surface area contributed by atoms with E-state index in [9.17, 15) is 0 Å². The van der Waals surface area contributed by atoms with Gasteiger partial charge in [-0.1, -0.05) is 18.2 Å². The van der Waals surface area contributed by atoms with Crippen LogP contribution in [-0.2, 0) is 6.42 Å². The van der Waals surface area contributed by atoms with E-state index < -0.39 is 0 Å². The molecule has 0 fully saturated rings. The Morgan fingerprint density at radius 3 is 3.00 bits per heavy atom. The van der Waals surface area contributed by atoms with Crippen molar-refractivity contribution in [2.24, 2.45) is 5.73 Å². The van der Waals surface area contributed by atoms with Crippen molar-refractivity contribution in [3.63, 3.8) is 0 Å². The lowest BCUT2D eigenvalue weighted by atomic mass is 10.0. The smallest absolute Gasteiger partial charge is 0.158 e. The van der Waals surface area contributed by atoms with Crippen LogP contribution < -0.4 is 5.73 Å². The van der Waals surface area contributed by atoms with Crippen LogP contribution in [0.15, 0.2) is 24.5 Å². The Morgan fingerprint density at radius 1 is 1.39 bits per heavy atom. The fraction of sp³-hybridized carbons (Fsp3) is 0.429. The van der Waals surface area contributed by atoms with Gasteiger partial charge in [-0.05, 0) is 37.8 Å². The van der Waals surface area contributed by atoms with Crippen molar-refractivity contribution in [2.45, 2.75) is 38.8 Å². The highest BCUT2D eigenvalue weighted by molar-refractivity contribution is 5.64. The molecule has 1 heterocycles. The van der Waals surface area contributed by atoms with E-state index in [0.29, 0.717) is 6.04 Å². The number of nitrogens with two attached hydrogens (primary N) is 1. The van der Waals surface area contributed by atoms with Crippen molar-refractivity contribution in [1.82, 2.24) is 14.8 Å². The molecule has 3 rings (SSSR count). The standard InChI is InChI=1S/C14H18N4/c1-9(2)18-14(16-8-17-18)12-5-3-4-11-10(12)6-7-13(11)15/h3-5,8-9,13H,6-7,15H2,1-2H3. The Kier molecular flexibility index (Phi) is 2.67. The summed E-state index contributed by atoms with van der Waals surface area (Å²) in [6.45, 7) is 4.24. The highest BCUT2D eigenvalue weighted by Gasteiger charge is 2.24. The number of benzene rings is 1. The molecule has 0 aliphatic heterocycles. The molecule has 0 spiro atoms. The van der Waals surface area contributed by atoms with Gasteiger partial charge < -0.3 is 5.73 Å². The summed E-state index contributed by atoms with van der Waals surface area (Å²) in [5, 5.41) is 4.31. The van der Waals surface area contributed by atoms with E-state index in [1.54, 1.807) is 6.33 Å². The average Bonchev–Trinajstić information content (AvgIpc) is 2.96. The molecule has 1 aliphatic rings. The largest absolute Gasteiger partial charge is 0.324 e. The molecule has 1 unspecified atom stereocenters. The van der Waals surface area contributed by atoms with E-state index in [1.165, 1.54) is 16.7 Å². The second-order valence-corrected chi connectivity index (χ2v) is 5.14. The van der Waals surface area contributed by atoms with Crippen LogP contribution in [0.5, 0.6) is 0 Å². The van der Waals surface area contributed by atoms with Crippen LogP contribution in [0.2, 0.25) is 0 Å². The molecule has 2 N–H and O–H groups in total. The quantitative estimate of drug-likeness (QED) is 0.880. The van der Waals surface area contributed by atoms with Gasteiger partial charge in [-0.2, -0.15) is 5.10 Å². The third kappa shape index (κ3) is 1.64. The van der Waals surface area contributed by atoms with Gasteiger partial charge in [0.15, 0.2) is 5.82 Å².